The van der Waals surface area contributed by atoms with Gasteiger partial charge in [0.15, 0.2) is 0 Å². The van der Waals surface area contributed by atoms with Gasteiger partial charge in [0.25, 0.3) is 0 Å². The summed E-state index contributed by atoms with van der Waals surface area (Å²) in [6.07, 6.45) is -2.70. The third-order valence-electron chi connectivity index (χ3n) is 2.03. The van der Waals surface area contributed by atoms with Crippen LogP contribution in [-0.4, -0.2) is 13.0 Å². The number of hydrogen-bond donors (Lipinski definition) is 1. The van der Waals surface area contributed by atoms with E-state index in [1.54, 1.807) is 24.3 Å². The molecule has 2 N–H and O–H groups in total. The predicted octanol–water partition coefficient (Wildman–Crippen LogP) is 2.74. The van der Waals surface area contributed by atoms with Gasteiger partial charge in [-0.25, -0.2) is 8.78 Å². The minimum absolute atomic E-state index is 0.324. The van der Waals surface area contributed by atoms with Crippen LogP contribution in [0.25, 0.3) is 0 Å². The largest absolute Gasteiger partial charge is 0.494 e. The van der Waals surface area contributed by atoms with Crippen molar-refractivity contribution in [2.75, 3.05) is 6.61 Å². The third-order valence-corrected chi connectivity index (χ3v) is 2.03. The van der Waals surface area contributed by atoms with Crippen LogP contribution >= 0.6 is 0 Å². The van der Waals surface area contributed by atoms with Gasteiger partial charge in [-0.3, -0.25) is 0 Å². The lowest BCUT2D eigenvalue weighted by Gasteiger charge is -2.12. The number of ether oxygens (including phenoxy) is 1. The Balaban J connectivity index is 2.71. The summed E-state index contributed by atoms with van der Waals surface area (Å²) in [6.45, 7) is 2.42. The highest BCUT2D eigenvalue weighted by atomic mass is 19.3. The normalized spacial score (nSPS) is 12.9. The van der Waals surface area contributed by atoms with Crippen molar-refractivity contribution in [1.29, 1.82) is 0 Å². The van der Waals surface area contributed by atoms with E-state index in [0.717, 1.165) is 0 Å². The summed E-state index contributed by atoms with van der Waals surface area (Å²) in [7, 11) is 0. The van der Waals surface area contributed by atoms with Gasteiger partial charge in [-0.1, -0.05) is 12.1 Å². The zero-order valence-electron chi connectivity index (χ0n) is 8.62. The fraction of sp³-hybridized carbons (Fsp3) is 0.455. The van der Waals surface area contributed by atoms with Crippen LogP contribution in [0.4, 0.5) is 8.78 Å². The Labute approximate surface area is 88.0 Å². The number of alkyl halides is 2. The van der Waals surface area contributed by atoms with Crippen molar-refractivity contribution >= 4 is 0 Å². The zero-order chi connectivity index (χ0) is 11.3. The Bertz CT molecular complexity index is 304. The van der Waals surface area contributed by atoms with Crippen LogP contribution in [-0.2, 0) is 0 Å². The number of halogens is 2. The monoisotopic (exact) mass is 215 g/mol. The summed E-state index contributed by atoms with van der Waals surface area (Å²) in [4.78, 5) is 0. The molecule has 1 rings (SSSR count). The smallest absolute Gasteiger partial charge is 0.240 e. The van der Waals surface area contributed by atoms with Gasteiger partial charge >= 0.3 is 0 Å². The number of rotatable bonds is 5. The average Bonchev–Trinajstić information content (AvgIpc) is 2.17. The highest BCUT2D eigenvalue weighted by Crippen LogP contribution is 2.22. The van der Waals surface area contributed by atoms with Crippen LogP contribution in [0.5, 0.6) is 5.75 Å². The first-order valence-electron chi connectivity index (χ1n) is 4.90. The Kier molecular flexibility index (Phi) is 4.49. The van der Waals surface area contributed by atoms with Crippen LogP contribution < -0.4 is 10.5 Å². The molecular weight excluding hydrogens is 200 g/mol. The molecule has 0 unspecified atom stereocenters. The summed E-state index contributed by atoms with van der Waals surface area (Å²) in [5.41, 5.74) is 6.31. The van der Waals surface area contributed by atoms with Gasteiger partial charge in [-0.05, 0) is 24.6 Å². The second-order valence-electron chi connectivity index (χ2n) is 3.24. The van der Waals surface area contributed by atoms with Gasteiger partial charge in [0.1, 0.15) is 5.75 Å². The van der Waals surface area contributed by atoms with Gasteiger partial charge in [0, 0.05) is 12.5 Å². The lowest BCUT2D eigenvalue weighted by molar-refractivity contribution is 0.128. The molecule has 2 nitrogen and oxygen atoms in total. The molecule has 1 atom stereocenters. The van der Waals surface area contributed by atoms with Crippen LogP contribution in [0.3, 0.4) is 0 Å². The quantitative estimate of drug-likeness (QED) is 0.819. The predicted molar refractivity (Wildman–Crippen MR) is 55.2 cm³/mol. The molecule has 0 amide bonds. The molecule has 1 aromatic carbocycles. The van der Waals surface area contributed by atoms with Gasteiger partial charge in [0.05, 0.1) is 6.61 Å². The van der Waals surface area contributed by atoms with E-state index in [2.05, 4.69) is 0 Å². The van der Waals surface area contributed by atoms with Crippen molar-refractivity contribution in [2.24, 2.45) is 5.73 Å². The summed E-state index contributed by atoms with van der Waals surface area (Å²) in [5, 5.41) is 0. The third kappa shape index (κ3) is 3.83. The molecule has 84 valence electrons. The molecule has 0 heterocycles. The van der Waals surface area contributed by atoms with E-state index >= 15 is 0 Å². The van der Waals surface area contributed by atoms with Crippen molar-refractivity contribution in [3.8, 4) is 5.75 Å². The van der Waals surface area contributed by atoms with Crippen molar-refractivity contribution in [1.82, 2.24) is 0 Å². The lowest BCUT2D eigenvalue weighted by Crippen LogP contribution is -2.14. The molecule has 0 saturated carbocycles. The molecule has 15 heavy (non-hydrogen) atoms. The molecule has 1 aromatic rings. The van der Waals surface area contributed by atoms with Crippen molar-refractivity contribution in [3.05, 3.63) is 29.8 Å². The highest BCUT2D eigenvalue weighted by Gasteiger charge is 2.13. The first-order chi connectivity index (χ1) is 7.13. The number of nitrogens with two attached hydrogens (primary N) is 1. The first kappa shape index (κ1) is 11.9. The fourth-order valence-electron chi connectivity index (χ4n) is 1.33. The molecule has 4 heteroatoms. The van der Waals surface area contributed by atoms with Gasteiger partial charge in [-0.15, -0.1) is 0 Å². The molecule has 0 aliphatic heterocycles. The van der Waals surface area contributed by atoms with E-state index in [-0.39, 0.29) is 6.42 Å². The van der Waals surface area contributed by atoms with E-state index in [1.807, 2.05) is 6.92 Å². The average molecular weight is 215 g/mol. The SMILES string of the molecule is CCOc1cccc([C@H](N)CC(F)F)c1. The topological polar surface area (TPSA) is 35.2 Å². The molecule has 0 aliphatic rings. The van der Waals surface area contributed by atoms with Gasteiger partial charge in [0.2, 0.25) is 6.43 Å². The second-order valence-corrected chi connectivity index (χ2v) is 3.24. The molecule has 0 fully saturated rings. The molecule has 0 aliphatic carbocycles. The summed E-state index contributed by atoms with van der Waals surface area (Å²) < 4.78 is 29.5. The van der Waals surface area contributed by atoms with Gasteiger partial charge < -0.3 is 10.5 Å². The number of benzene rings is 1. The van der Waals surface area contributed by atoms with Crippen LogP contribution in [0.2, 0.25) is 0 Å². The maximum atomic E-state index is 12.1. The highest BCUT2D eigenvalue weighted by molar-refractivity contribution is 5.30. The Morgan fingerprint density at radius 3 is 2.73 bits per heavy atom. The maximum absolute atomic E-state index is 12.1. The molecule has 0 bridgehead atoms. The van der Waals surface area contributed by atoms with Crippen molar-refractivity contribution in [2.45, 2.75) is 25.8 Å². The van der Waals surface area contributed by atoms with E-state index in [4.69, 9.17) is 10.5 Å². The molecule has 0 radical (unpaired) electrons. The number of hydrogen-bond acceptors (Lipinski definition) is 2. The molecular formula is C11H15F2NO. The second kappa shape index (κ2) is 5.66. The molecule has 0 aromatic heterocycles. The zero-order valence-corrected chi connectivity index (χ0v) is 8.62. The van der Waals surface area contributed by atoms with Crippen LogP contribution in [0.1, 0.15) is 24.9 Å². The Hall–Kier alpha value is -1.16. The van der Waals surface area contributed by atoms with E-state index < -0.39 is 12.5 Å². The summed E-state index contributed by atoms with van der Waals surface area (Å²) in [6, 6.07) is 6.34. The van der Waals surface area contributed by atoms with Crippen molar-refractivity contribution in [3.63, 3.8) is 0 Å². The molecule has 0 saturated heterocycles. The molecule has 0 spiro atoms. The maximum Gasteiger partial charge on any atom is 0.240 e. The lowest BCUT2D eigenvalue weighted by atomic mass is 10.0. The van der Waals surface area contributed by atoms with E-state index in [0.29, 0.717) is 17.9 Å². The van der Waals surface area contributed by atoms with E-state index in [9.17, 15) is 8.78 Å². The summed E-state index contributed by atoms with van der Waals surface area (Å²) >= 11 is 0. The van der Waals surface area contributed by atoms with E-state index in [1.165, 1.54) is 0 Å². The minimum Gasteiger partial charge on any atom is -0.494 e. The Morgan fingerprint density at radius 2 is 2.13 bits per heavy atom. The minimum atomic E-state index is -2.38. The standard InChI is InChI=1S/C11H15F2NO/c1-2-15-9-5-3-4-8(6-9)10(14)7-11(12)13/h3-6,10-11H,2,7,14H2,1H3/t10-/m1/s1. The Morgan fingerprint density at radius 1 is 1.40 bits per heavy atom. The first-order valence-corrected chi connectivity index (χ1v) is 4.90. The van der Waals surface area contributed by atoms with Crippen LogP contribution in [0.15, 0.2) is 24.3 Å². The summed E-state index contributed by atoms with van der Waals surface area (Å²) in [5.74, 6) is 0.666. The van der Waals surface area contributed by atoms with Crippen LogP contribution in [0, 0.1) is 0 Å². The van der Waals surface area contributed by atoms with Gasteiger partial charge in [-0.2, -0.15) is 0 Å². The van der Waals surface area contributed by atoms with Crippen molar-refractivity contribution < 1.29 is 13.5 Å². The fourth-order valence-corrected chi connectivity index (χ4v) is 1.33.